The lowest BCUT2D eigenvalue weighted by atomic mass is 9.91. The van der Waals surface area contributed by atoms with Crippen LogP contribution in [0, 0.1) is 0 Å². The molecule has 0 unspecified atom stereocenters. The highest BCUT2D eigenvalue weighted by Gasteiger charge is 2.39. The van der Waals surface area contributed by atoms with Crippen LogP contribution < -0.4 is 15.4 Å². The second-order valence-corrected chi connectivity index (χ2v) is 5.60. The van der Waals surface area contributed by atoms with Gasteiger partial charge in [0.05, 0.1) is 20.1 Å². The molecule has 1 aliphatic rings. The van der Waals surface area contributed by atoms with Crippen molar-refractivity contribution in [1.82, 2.24) is 5.32 Å². The minimum atomic E-state index is -0.777. The molecule has 1 aromatic rings. The van der Waals surface area contributed by atoms with Crippen LogP contribution in [0.15, 0.2) is 24.3 Å². The summed E-state index contributed by atoms with van der Waals surface area (Å²) in [5.41, 5.74) is -0.101. The van der Waals surface area contributed by atoms with Crippen molar-refractivity contribution in [3.63, 3.8) is 0 Å². The normalized spacial score (nSPS) is 16.2. The van der Waals surface area contributed by atoms with Gasteiger partial charge in [-0.25, -0.2) is 0 Å². The first-order valence-electron chi connectivity index (χ1n) is 7.96. The predicted octanol–water partition coefficient (Wildman–Crippen LogP) is 1.34. The van der Waals surface area contributed by atoms with Crippen molar-refractivity contribution in [3.8, 4) is 5.75 Å². The monoisotopic (exact) mass is 336 g/mol. The maximum absolute atomic E-state index is 12.5. The van der Waals surface area contributed by atoms with E-state index in [1.54, 1.807) is 31.4 Å². The van der Waals surface area contributed by atoms with Gasteiger partial charge >= 0.3 is 5.97 Å². The second kappa shape index (κ2) is 8.65. The zero-order valence-corrected chi connectivity index (χ0v) is 14.1. The van der Waals surface area contributed by atoms with E-state index in [0.717, 1.165) is 13.1 Å². The lowest BCUT2D eigenvalue weighted by Gasteiger charge is -2.34. The van der Waals surface area contributed by atoms with Crippen LogP contribution in [0.3, 0.4) is 0 Å². The summed E-state index contributed by atoms with van der Waals surface area (Å²) in [7, 11) is 2.91. The van der Waals surface area contributed by atoms with Gasteiger partial charge < -0.3 is 24.8 Å². The number of anilines is 1. The predicted molar refractivity (Wildman–Crippen MR) is 89.0 cm³/mol. The van der Waals surface area contributed by atoms with Gasteiger partial charge in [0.25, 0.3) is 5.91 Å². The molecule has 132 valence electrons. The number of carbonyl (C=O) groups excluding carboxylic acids is 2. The molecule has 0 spiro atoms. The first-order valence-corrected chi connectivity index (χ1v) is 7.96. The van der Waals surface area contributed by atoms with E-state index >= 15 is 0 Å². The first-order chi connectivity index (χ1) is 11.6. The topological polar surface area (TPSA) is 85.9 Å². The van der Waals surface area contributed by atoms with Crippen LogP contribution in [0.25, 0.3) is 0 Å². The van der Waals surface area contributed by atoms with Gasteiger partial charge in [0.2, 0.25) is 0 Å². The van der Waals surface area contributed by atoms with Crippen molar-refractivity contribution >= 4 is 17.6 Å². The Kier molecular flexibility index (Phi) is 6.57. The molecule has 7 heteroatoms. The maximum atomic E-state index is 12.5. The molecule has 1 amide bonds. The summed E-state index contributed by atoms with van der Waals surface area (Å²) in [6, 6.07) is 7.01. The van der Waals surface area contributed by atoms with Crippen LogP contribution in [0.2, 0.25) is 0 Å². The lowest BCUT2D eigenvalue weighted by Crippen LogP contribution is -2.51. The molecule has 0 aliphatic carbocycles. The third-order valence-corrected chi connectivity index (χ3v) is 4.13. The minimum Gasteiger partial charge on any atom is -0.493 e. The number of nitrogens with one attached hydrogen (secondary N) is 2. The molecular weight excluding hydrogens is 312 g/mol. The number of piperidine rings is 1. The molecular formula is C17H24N2O5. The Labute approximate surface area is 141 Å². The van der Waals surface area contributed by atoms with Crippen LogP contribution >= 0.6 is 0 Å². The smallest absolute Gasteiger partial charge is 0.308 e. The van der Waals surface area contributed by atoms with Crippen LogP contribution in [0.1, 0.15) is 19.3 Å². The van der Waals surface area contributed by atoms with Crippen LogP contribution in [0.5, 0.6) is 5.75 Å². The average molecular weight is 336 g/mol. The highest BCUT2D eigenvalue weighted by atomic mass is 16.5. The summed E-state index contributed by atoms with van der Waals surface area (Å²) >= 11 is 0. The Morgan fingerprint density at radius 2 is 1.83 bits per heavy atom. The number of hydrogen-bond donors (Lipinski definition) is 2. The van der Waals surface area contributed by atoms with Gasteiger partial charge in [-0.15, -0.1) is 0 Å². The van der Waals surface area contributed by atoms with E-state index in [9.17, 15) is 9.59 Å². The summed E-state index contributed by atoms with van der Waals surface area (Å²) in [6.45, 7) is 1.76. The molecule has 1 aliphatic heterocycles. The largest absolute Gasteiger partial charge is 0.493 e. The van der Waals surface area contributed by atoms with Gasteiger partial charge in [0, 0.05) is 12.8 Å². The molecule has 1 aromatic carbocycles. The Morgan fingerprint density at radius 3 is 2.42 bits per heavy atom. The quantitative estimate of drug-likeness (QED) is 0.731. The molecule has 1 saturated heterocycles. The summed E-state index contributed by atoms with van der Waals surface area (Å²) < 4.78 is 15.5. The van der Waals surface area contributed by atoms with E-state index in [1.165, 1.54) is 7.11 Å². The van der Waals surface area contributed by atoms with Gasteiger partial charge in [-0.05, 0) is 50.2 Å². The van der Waals surface area contributed by atoms with Crippen molar-refractivity contribution in [2.24, 2.45) is 0 Å². The van der Waals surface area contributed by atoms with Gasteiger partial charge in [-0.3, -0.25) is 9.59 Å². The van der Waals surface area contributed by atoms with Crippen molar-refractivity contribution in [1.29, 1.82) is 0 Å². The highest BCUT2D eigenvalue weighted by Crippen LogP contribution is 2.25. The average Bonchev–Trinajstić information content (AvgIpc) is 2.63. The van der Waals surface area contributed by atoms with Gasteiger partial charge in [0.15, 0.2) is 0 Å². The van der Waals surface area contributed by atoms with Crippen LogP contribution in [-0.2, 0) is 19.1 Å². The number of ether oxygens (including phenoxy) is 3. The molecule has 0 bridgehead atoms. The zero-order chi connectivity index (χ0) is 17.4. The molecule has 0 aromatic heterocycles. The molecule has 0 saturated carbocycles. The van der Waals surface area contributed by atoms with E-state index in [0.29, 0.717) is 24.3 Å². The van der Waals surface area contributed by atoms with E-state index in [4.69, 9.17) is 9.47 Å². The number of methoxy groups -OCH3 is 2. The first kappa shape index (κ1) is 18.2. The molecule has 0 radical (unpaired) electrons. The van der Waals surface area contributed by atoms with Crippen molar-refractivity contribution in [3.05, 3.63) is 24.3 Å². The van der Waals surface area contributed by atoms with Gasteiger partial charge in [0.1, 0.15) is 11.4 Å². The van der Waals surface area contributed by atoms with Crippen molar-refractivity contribution < 1.29 is 23.8 Å². The maximum Gasteiger partial charge on any atom is 0.308 e. The van der Waals surface area contributed by atoms with E-state index in [2.05, 4.69) is 15.4 Å². The third kappa shape index (κ3) is 4.69. The highest BCUT2D eigenvalue weighted by molar-refractivity contribution is 5.97. The lowest BCUT2D eigenvalue weighted by molar-refractivity contribution is -0.141. The Balaban J connectivity index is 1.88. The minimum absolute atomic E-state index is 0.133. The van der Waals surface area contributed by atoms with Gasteiger partial charge in [-0.2, -0.15) is 0 Å². The molecule has 2 N–H and O–H groups in total. The molecule has 1 fully saturated rings. The number of carbonyl (C=O) groups is 2. The number of hydrogen-bond acceptors (Lipinski definition) is 6. The van der Waals surface area contributed by atoms with Crippen LogP contribution in [0.4, 0.5) is 5.69 Å². The Bertz CT molecular complexity index is 553. The van der Waals surface area contributed by atoms with Gasteiger partial charge in [-0.1, -0.05) is 0 Å². The fourth-order valence-corrected chi connectivity index (χ4v) is 2.59. The number of amides is 1. The molecule has 1 heterocycles. The number of rotatable bonds is 7. The second-order valence-electron chi connectivity index (χ2n) is 5.60. The standard InChI is InChI=1S/C17H24N2O5/c1-22-15(20)7-12-24-14-5-3-13(4-6-14)19-16(21)17(23-2)8-10-18-11-9-17/h3-6,18H,7-12H2,1-2H3,(H,19,21). The molecule has 0 atom stereocenters. The fraction of sp³-hybridized carbons (Fsp3) is 0.529. The Morgan fingerprint density at radius 1 is 1.17 bits per heavy atom. The third-order valence-electron chi connectivity index (χ3n) is 4.13. The summed E-state index contributed by atoms with van der Waals surface area (Å²) in [6.07, 6.45) is 1.48. The van der Waals surface area contributed by atoms with E-state index in [-0.39, 0.29) is 24.9 Å². The summed E-state index contributed by atoms with van der Waals surface area (Å²) in [4.78, 5) is 23.6. The van der Waals surface area contributed by atoms with E-state index in [1.807, 2.05) is 0 Å². The molecule has 2 rings (SSSR count). The van der Waals surface area contributed by atoms with Crippen molar-refractivity contribution in [2.75, 3.05) is 39.2 Å². The van der Waals surface area contributed by atoms with Crippen molar-refractivity contribution in [2.45, 2.75) is 24.9 Å². The fourth-order valence-electron chi connectivity index (χ4n) is 2.59. The molecule has 24 heavy (non-hydrogen) atoms. The SMILES string of the molecule is COC(=O)CCOc1ccc(NC(=O)C2(OC)CCNCC2)cc1. The zero-order valence-electron chi connectivity index (χ0n) is 14.1. The summed E-state index contributed by atoms with van der Waals surface area (Å²) in [5.74, 6) is 0.178. The Hall–Kier alpha value is -2.12. The number of esters is 1. The number of benzene rings is 1. The summed E-state index contributed by atoms with van der Waals surface area (Å²) in [5, 5.41) is 6.11. The van der Waals surface area contributed by atoms with Crippen LogP contribution in [-0.4, -0.2) is 51.4 Å². The van der Waals surface area contributed by atoms with E-state index < -0.39 is 5.60 Å². The molecule has 7 nitrogen and oxygen atoms in total.